The first-order valence-electron chi connectivity index (χ1n) is 8.84. The molecular weight excluding hydrogens is 415 g/mol. The Labute approximate surface area is 177 Å². The summed E-state index contributed by atoms with van der Waals surface area (Å²) in [6.07, 6.45) is 0. The highest BCUT2D eigenvalue weighted by atomic mass is 35.5. The number of nitrogens with zero attached hydrogens (tertiary/aromatic N) is 1. The smallest absolute Gasteiger partial charge is 0.295 e. The molecule has 1 heterocycles. The number of amides is 2. The third kappa shape index (κ3) is 4.44. The minimum Gasteiger partial charge on any atom is -0.507 e. The Hall–Kier alpha value is -2.83. The standard InChI is InChI=1S/C21H18Cl2N2O4/c1-12(26)24-10-11-25-18(13-2-6-15(22)7-3-13)17(20(28)21(25)29)19(27)14-4-8-16(23)9-5-14/h2-9,18,27H,10-11H2,1H3,(H,24,26)/t18-/m1/s1. The molecular formula is C21H18Cl2N2O4. The lowest BCUT2D eigenvalue weighted by Crippen LogP contribution is -2.37. The first-order chi connectivity index (χ1) is 13.8. The summed E-state index contributed by atoms with van der Waals surface area (Å²) in [5.74, 6) is -2.07. The van der Waals surface area contributed by atoms with E-state index in [-0.39, 0.29) is 30.3 Å². The van der Waals surface area contributed by atoms with E-state index in [1.54, 1.807) is 48.5 Å². The lowest BCUT2D eigenvalue weighted by atomic mass is 9.95. The van der Waals surface area contributed by atoms with Crippen molar-refractivity contribution in [1.29, 1.82) is 0 Å². The van der Waals surface area contributed by atoms with Gasteiger partial charge in [0.05, 0.1) is 11.6 Å². The second-order valence-electron chi connectivity index (χ2n) is 6.53. The molecule has 150 valence electrons. The Morgan fingerprint density at radius 3 is 2.14 bits per heavy atom. The van der Waals surface area contributed by atoms with E-state index in [0.29, 0.717) is 21.2 Å². The molecule has 0 spiro atoms. The first kappa shape index (κ1) is 20.9. The Bertz CT molecular complexity index is 985. The zero-order valence-electron chi connectivity index (χ0n) is 15.5. The summed E-state index contributed by atoms with van der Waals surface area (Å²) in [6, 6.07) is 12.2. The Balaban J connectivity index is 2.08. The molecule has 1 fully saturated rings. The molecule has 6 nitrogen and oxygen atoms in total. The van der Waals surface area contributed by atoms with Gasteiger partial charge in [0.15, 0.2) is 0 Å². The predicted molar refractivity (Wildman–Crippen MR) is 111 cm³/mol. The van der Waals surface area contributed by atoms with Crippen molar-refractivity contribution in [2.45, 2.75) is 13.0 Å². The van der Waals surface area contributed by atoms with E-state index in [1.165, 1.54) is 11.8 Å². The molecule has 2 aromatic rings. The van der Waals surface area contributed by atoms with Gasteiger partial charge in [-0.2, -0.15) is 0 Å². The van der Waals surface area contributed by atoms with E-state index in [4.69, 9.17) is 23.2 Å². The third-order valence-electron chi connectivity index (χ3n) is 4.57. The summed E-state index contributed by atoms with van der Waals surface area (Å²) in [5, 5.41) is 14.5. The number of hydrogen-bond donors (Lipinski definition) is 2. The van der Waals surface area contributed by atoms with Gasteiger partial charge < -0.3 is 15.3 Å². The Morgan fingerprint density at radius 1 is 1.03 bits per heavy atom. The third-order valence-corrected chi connectivity index (χ3v) is 5.07. The van der Waals surface area contributed by atoms with Gasteiger partial charge >= 0.3 is 0 Å². The number of likely N-dealkylation sites (tertiary alicyclic amines) is 1. The van der Waals surface area contributed by atoms with Crippen LogP contribution in [0.25, 0.3) is 5.76 Å². The molecule has 8 heteroatoms. The van der Waals surface area contributed by atoms with Crippen LogP contribution in [0.15, 0.2) is 54.1 Å². The molecule has 0 radical (unpaired) electrons. The summed E-state index contributed by atoms with van der Waals surface area (Å²) < 4.78 is 0. The monoisotopic (exact) mass is 432 g/mol. The van der Waals surface area contributed by atoms with Crippen molar-refractivity contribution in [2.75, 3.05) is 13.1 Å². The lowest BCUT2D eigenvalue weighted by Gasteiger charge is -2.25. The van der Waals surface area contributed by atoms with Crippen LogP contribution in [0.4, 0.5) is 0 Å². The fraction of sp³-hybridized carbons (Fsp3) is 0.190. The van der Waals surface area contributed by atoms with Crippen LogP contribution in [0.1, 0.15) is 24.1 Å². The number of benzene rings is 2. The van der Waals surface area contributed by atoms with Gasteiger partial charge in [0, 0.05) is 35.6 Å². The van der Waals surface area contributed by atoms with E-state index in [2.05, 4.69) is 5.32 Å². The lowest BCUT2D eigenvalue weighted by molar-refractivity contribution is -0.139. The SMILES string of the molecule is CC(=O)NCCN1C(=O)C(=O)C(=C(O)c2ccc(Cl)cc2)[C@H]1c1ccc(Cl)cc1. The number of carbonyl (C=O) groups is 3. The number of carbonyl (C=O) groups excluding carboxylic acids is 3. The van der Waals surface area contributed by atoms with Crippen molar-refractivity contribution in [3.63, 3.8) is 0 Å². The molecule has 2 amide bonds. The molecule has 29 heavy (non-hydrogen) atoms. The van der Waals surface area contributed by atoms with Crippen LogP contribution >= 0.6 is 23.2 Å². The van der Waals surface area contributed by atoms with Gasteiger partial charge in [0.1, 0.15) is 5.76 Å². The van der Waals surface area contributed by atoms with Crippen molar-refractivity contribution in [3.05, 3.63) is 75.3 Å². The van der Waals surface area contributed by atoms with Crippen molar-refractivity contribution in [1.82, 2.24) is 10.2 Å². The predicted octanol–water partition coefficient (Wildman–Crippen LogP) is 3.55. The van der Waals surface area contributed by atoms with Crippen LogP contribution in [0.5, 0.6) is 0 Å². The molecule has 2 N–H and O–H groups in total. The van der Waals surface area contributed by atoms with Gasteiger partial charge in [-0.15, -0.1) is 0 Å². The molecule has 0 bridgehead atoms. The summed E-state index contributed by atoms with van der Waals surface area (Å²) in [4.78, 5) is 38.0. The average molecular weight is 433 g/mol. The Morgan fingerprint density at radius 2 is 1.59 bits per heavy atom. The van der Waals surface area contributed by atoms with Crippen molar-refractivity contribution in [2.24, 2.45) is 0 Å². The molecule has 0 unspecified atom stereocenters. The summed E-state index contributed by atoms with van der Waals surface area (Å²) in [5.41, 5.74) is 0.961. The summed E-state index contributed by atoms with van der Waals surface area (Å²) >= 11 is 11.9. The molecule has 1 aliphatic heterocycles. The van der Waals surface area contributed by atoms with Gasteiger partial charge in [0.2, 0.25) is 5.91 Å². The maximum absolute atomic E-state index is 12.8. The van der Waals surface area contributed by atoms with E-state index in [9.17, 15) is 19.5 Å². The maximum atomic E-state index is 12.8. The van der Waals surface area contributed by atoms with Crippen LogP contribution in [-0.2, 0) is 14.4 Å². The van der Waals surface area contributed by atoms with Gasteiger partial charge in [-0.25, -0.2) is 0 Å². The number of nitrogens with one attached hydrogen (secondary N) is 1. The highest BCUT2D eigenvalue weighted by Crippen LogP contribution is 2.39. The molecule has 3 rings (SSSR count). The highest BCUT2D eigenvalue weighted by molar-refractivity contribution is 6.46. The first-order valence-corrected chi connectivity index (χ1v) is 9.59. The molecule has 1 saturated heterocycles. The van der Waals surface area contributed by atoms with Crippen LogP contribution < -0.4 is 5.32 Å². The van der Waals surface area contributed by atoms with E-state index >= 15 is 0 Å². The van der Waals surface area contributed by atoms with E-state index in [1.807, 2.05) is 0 Å². The van der Waals surface area contributed by atoms with Crippen LogP contribution in [-0.4, -0.2) is 40.7 Å². The fourth-order valence-corrected chi connectivity index (χ4v) is 3.47. The number of halogens is 2. The normalized spacial score (nSPS) is 18.2. The maximum Gasteiger partial charge on any atom is 0.295 e. The van der Waals surface area contributed by atoms with Crippen LogP contribution in [0.2, 0.25) is 10.0 Å². The van der Waals surface area contributed by atoms with E-state index < -0.39 is 17.7 Å². The largest absolute Gasteiger partial charge is 0.507 e. The molecule has 0 aliphatic carbocycles. The summed E-state index contributed by atoms with van der Waals surface area (Å²) in [6.45, 7) is 1.65. The van der Waals surface area contributed by atoms with Crippen LogP contribution in [0, 0.1) is 0 Å². The van der Waals surface area contributed by atoms with Crippen molar-refractivity contribution >= 4 is 46.6 Å². The topological polar surface area (TPSA) is 86.7 Å². The average Bonchev–Trinajstić information content (AvgIpc) is 2.93. The highest BCUT2D eigenvalue weighted by Gasteiger charge is 2.45. The Kier molecular flexibility index (Phi) is 6.25. The molecule has 1 atom stereocenters. The number of rotatable bonds is 5. The number of aliphatic hydroxyl groups excluding tert-OH is 1. The summed E-state index contributed by atoms with van der Waals surface area (Å²) in [7, 11) is 0. The van der Waals surface area contributed by atoms with Crippen LogP contribution in [0.3, 0.4) is 0 Å². The zero-order chi connectivity index (χ0) is 21.1. The number of Topliss-reactive ketones (excluding diaryl/α,β-unsaturated/α-hetero) is 1. The minimum absolute atomic E-state index is 0.0255. The van der Waals surface area contributed by atoms with Gasteiger partial charge in [-0.1, -0.05) is 35.3 Å². The number of aliphatic hydroxyl groups is 1. The van der Waals surface area contributed by atoms with Gasteiger partial charge in [-0.05, 0) is 42.0 Å². The van der Waals surface area contributed by atoms with Gasteiger partial charge in [-0.3, -0.25) is 14.4 Å². The molecule has 0 saturated carbocycles. The number of ketones is 1. The van der Waals surface area contributed by atoms with Crippen molar-refractivity contribution in [3.8, 4) is 0 Å². The minimum atomic E-state index is -0.809. The zero-order valence-corrected chi connectivity index (χ0v) is 17.0. The molecule has 2 aromatic carbocycles. The molecule has 1 aliphatic rings. The molecule has 0 aromatic heterocycles. The fourth-order valence-electron chi connectivity index (χ4n) is 3.22. The van der Waals surface area contributed by atoms with Crippen molar-refractivity contribution < 1.29 is 19.5 Å². The second kappa shape index (κ2) is 8.68. The quantitative estimate of drug-likeness (QED) is 0.429. The van der Waals surface area contributed by atoms with E-state index in [0.717, 1.165) is 0 Å². The second-order valence-corrected chi connectivity index (χ2v) is 7.41. The number of hydrogen-bond acceptors (Lipinski definition) is 4. The van der Waals surface area contributed by atoms with Gasteiger partial charge in [0.25, 0.3) is 11.7 Å².